The molecule has 0 aliphatic heterocycles. The van der Waals surface area contributed by atoms with E-state index in [0.29, 0.717) is 31.3 Å². The summed E-state index contributed by atoms with van der Waals surface area (Å²) in [5.74, 6) is 0. The van der Waals surface area contributed by atoms with E-state index in [9.17, 15) is 4.79 Å². The first kappa shape index (κ1) is 16.2. The fourth-order valence-electron chi connectivity index (χ4n) is 2.10. The number of nitrogens with two attached hydrogens (primary N) is 1. The molecule has 0 unspecified atom stereocenters. The van der Waals surface area contributed by atoms with E-state index in [4.69, 9.17) is 27.3 Å². The smallest absolute Gasteiger partial charge is 0.269 e. The van der Waals surface area contributed by atoms with Crippen LogP contribution in [0.1, 0.15) is 5.56 Å². The quantitative estimate of drug-likeness (QED) is 0.826. The molecule has 0 saturated heterocycles. The predicted octanol–water partition coefficient (Wildman–Crippen LogP) is 2.02. The van der Waals surface area contributed by atoms with E-state index < -0.39 is 0 Å². The van der Waals surface area contributed by atoms with Crippen LogP contribution < -0.4 is 11.3 Å². The van der Waals surface area contributed by atoms with Crippen molar-refractivity contribution in [3.05, 3.63) is 57.3 Å². The van der Waals surface area contributed by atoms with Gasteiger partial charge in [-0.15, -0.1) is 0 Å². The molecular weight excluding hydrogens is 302 g/mol. The Morgan fingerprint density at radius 1 is 1.18 bits per heavy atom. The lowest BCUT2D eigenvalue weighted by atomic mass is 10.1. The first-order chi connectivity index (χ1) is 10.7. The van der Waals surface area contributed by atoms with Crippen LogP contribution >= 0.6 is 11.6 Å². The number of hydrogen-bond donors (Lipinski definition) is 1. The lowest BCUT2D eigenvalue weighted by Crippen LogP contribution is -2.26. The van der Waals surface area contributed by atoms with Crippen LogP contribution in [-0.2, 0) is 11.3 Å². The third-order valence-electron chi connectivity index (χ3n) is 3.16. The zero-order valence-electron chi connectivity index (χ0n) is 12.0. The second kappa shape index (κ2) is 7.76. The van der Waals surface area contributed by atoms with Crippen molar-refractivity contribution in [3.8, 4) is 17.3 Å². The van der Waals surface area contributed by atoms with Crippen LogP contribution in [0.25, 0.3) is 11.3 Å². The van der Waals surface area contributed by atoms with Gasteiger partial charge in [0.1, 0.15) is 11.6 Å². The van der Waals surface area contributed by atoms with Gasteiger partial charge in [-0.2, -0.15) is 5.26 Å². The van der Waals surface area contributed by atoms with Crippen LogP contribution in [0.2, 0.25) is 5.02 Å². The van der Waals surface area contributed by atoms with Gasteiger partial charge in [0.05, 0.1) is 18.9 Å². The maximum Gasteiger partial charge on any atom is 0.269 e. The minimum Gasteiger partial charge on any atom is -0.378 e. The van der Waals surface area contributed by atoms with E-state index in [1.165, 1.54) is 10.6 Å². The normalized spacial score (nSPS) is 10.4. The molecular formula is C16H16ClN3O2. The van der Waals surface area contributed by atoms with Crippen molar-refractivity contribution in [1.82, 2.24) is 4.57 Å². The summed E-state index contributed by atoms with van der Waals surface area (Å²) in [5, 5.41) is 9.64. The average Bonchev–Trinajstić information content (AvgIpc) is 2.53. The Morgan fingerprint density at radius 2 is 1.91 bits per heavy atom. The monoisotopic (exact) mass is 317 g/mol. The maximum absolute atomic E-state index is 12.4. The number of nitrogens with zero attached hydrogens (tertiary/aromatic N) is 2. The number of hydrogen-bond acceptors (Lipinski definition) is 4. The van der Waals surface area contributed by atoms with E-state index in [1.54, 1.807) is 18.2 Å². The summed E-state index contributed by atoms with van der Waals surface area (Å²) in [6, 6.07) is 12.4. The van der Waals surface area contributed by atoms with Gasteiger partial charge in [-0.1, -0.05) is 23.7 Å². The van der Waals surface area contributed by atoms with Crippen LogP contribution in [0.5, 0.6) is 0 Å². The first-order valence-corrected chi connectivity index (χ1v) is 7.23. The summed E-state index contributed by atoms with van der Waals surface area (Å²) in [7, 11) is 0. The highest BCUT2D eigenvalue weighted by atomic mass is 35.5. The van der Waals surface area contributed by atoms with E-state index in [2.05, 4.69) is 0 Å². The summed E-state index contributed by atoms with van der Waals surface area (Å²) in [6.07, 6.45) is 0. The zero-order valence-corrected chi connectivity index (χ0v) is 12.7. The van der Waals surface area contributed by atoms with Gasteiger partial charge < -0.3 is 15.0 Å². The Hall–Kier alpha value is -2.13. The molecule has 0 saturated carbocycles. The first-order valence-electron chi connectivity index (χ1n) is 6.85. The van der Waals surface area contributed by atoms with Crippen molar-refractivity contribution in [2.45, 2.75) is 6.54 Å². The number of nitriles is 1. The summed E-state index contributed by atoms with van der Waals surface area (Å²) in [6.45, 7) is 1.57. The van der Waals surface area contributed by atoms with Gasteiger partial charge in [0.2, 0.25) is 0 Å². The van der Waals surface area contributed by atoms with Gasteiger partial charge in [0.25, 0.3) is 5.56 Å². The number of ether oxygens (including phenoxy) is 1. The lowest BCUT2D eigenvalue weighted by molar-refractivity contribution is 0.133. The summed E-state index contributed by atoms with van der Waals surface area (Å²) >= 11 is 5.89. The van der Waals surface area contributed by atoms with E-state index in [0.717, 1.165) is 11.3 Å². The van der Waals surface area contributed by atoms with Crippen molar-refractivity contribution < 1.29 is 4.74 Å². The standard InChI is InChI=1S/C16H16ClN3O2/c17-14-4-1-12(2-5-14)15-6-3-13(11-19)16(21)20(15)8-10-22-9-7-18/h1-6H,7-10,18H2. The largest absolute Gasteiger partial charge is 0.378 e. The number of halogens is 1. The Labute approximate surface area is 133 Å². The van der Waals surface area contributed by atoms with E-state index >= 15 is 0 Å². The van der Waals surface area contributed by atoms with Gasteiger partial charge in [0.15, 0.2) is 0 Å². The molecule has 2 rings (SSSR count). The Bertz CT molecular complexity index is 733. The fraction of sp³-hybridized carbons (Fsp3) is 0.250. The van der Waals surface area contributed by atoms with Gasteiger partial charge in [-0.25, -0.2) is 0 Å². The van der Waals surface area contributed by atoms with E-state index in [1.807, 2.05) is 18.2 Å². The molecule has 6 heteroatoms. The van der Waals surface area contributed by atoms with Gasteiger partial charge in [-0.3, -0.25) is 4.79 Å². The molecule has 2 N–H and O–H groups in total. The summed E-state index contributed by atoms with van der Waals surface area (Å²) in [4.78, 5) is 12.4. The van der Waals surface area contributed by atoms with Crippen molar-refractivity contribution in [3.63, 3.8) is 0 Å². The number of rotatable bonds is 6. The Morgan fingerprint density at radius 3 is 2.55 bits per heavy atom. The molecule has 1 heterocycles. The van der Waals surface area contributed by atoms with Gasteiger partial charge in [-0.05, 0) is 29.8 Å². The summed E-state index contributed by atoms with van der Waals surface area (Å²) in [5.41, 5.74) is 6.72. The van der Waals surface area contributed by atoms with Crippen molar-refractivity contribution >= 4 is 11.6 Å². The van der Waals surface area contributed by atoms with Crippen molar-refractivity contribution in [2.75, 3.05) is 19.8 Å². The molecule has 0 bridgehead atoms. The maximum atomic E-state index is 12.4. The van der Waals surface area contributed by atoms with Crippen LogP contribution in [0, 0.1) is 11.3 Å². The number of benzene rings is 1. The summed E-state index contributed by atoms with van der Waals surface area (Å²) < 4.78 is 6.88. The van der Waals surface area contributed by atoms with Crippen molar-refractivity contribution in [1.29, 1.82) is 5.26 Å². The molecule has 0 radical (unpaired) electrons. The second-order valence-corrected chi connectivity index (χ2v) is 5.05. The topological polar surface area (TPSA) is 81.0 Å². The SMILES string of the molecule is N#Cc1ccc(-c2ccc(Cl)cc2)n(CCOCCN)c1=O. The van der Waals surface area contributed by atoms with Crippen LogP contribution in [0.3, 0.4) is 0 Å². The lowest BCUT2D eigenvalue weighted by Gasteiger charge is -2.13. The molecule has 22 heavy (non-hydrogen) atoms. The van der Waals surface area contributed by atoms with E-state index in [-0.39, 0.29) is 11.1 Å². The van der Waals surface area contributed by atoms with Crippen LogP contribution in [0.15, 0.2) is 41.2 Å². The predicted molar refractivity (Wildman–Crippen MR) is 85.7 cm³/mol. The number of pyridine rings is 1. The highest BCUT2D eigenvalue weighted by Crippen LogP contribution is 2.20. The molecule has 1 aromatic carbocycles. The Balaban J connectivity index is 2.40. The molecule has 0 atom stereocenters. The molecule has 2 aromatic rings. The van der Waals surface area contributed by atoms with Crippen LogP contribution in [-0.4, -0.2) is 24.3 Å². The molecule has 1 aromatic heterocycles. The van der Waals surface area contributed by atoms with Crippen LogP contribution in [0.4, 0.5) is 0 Å². The minimum absolute atomic E-state index is 0.108. The molecule has 5 nitrogen and oxygen atoms in total. The van der Waals surface area contributed by atoms with Gasteiger partial charge in [0, 0.05) is 18.1 Å². The molecule has 0 aliphatic carbocycles. The third-order valence-corrected chi connectivity index (χ3v) is 3.41. The van der Waals surface area contributed by atoms with Crippen molar-refractivity contribution in [2.24, 2.45) is 5.73 Å². The average molecular weight is 318 g/mol. The molecule has 0 amide bonds. The zero-order chi connectivity index (χ0) is 15.9. The highest BCUT2D eigenvalue weighted by molar-refractivity contribution is 6.30. The number of aromatic nitrogens is 1. The highest BCUT2D eigenvalue weighted by Gasteiger charge is 2.10. The molecule has 0 spiro atoms. The second-order valence-electron chi connectivity index (χ2n) is 4.61. The Kier molecular flexibility index (Phi) is 5.73. The van der Waals surface area contributed by atoms with Gasteiger partial charge >= 0.3 is 0 Å². The minimum atomic E-state index is -0.328. The fourth-order valence-corrected chi connectivity index (χ4v) is 2.23. The third kappa shape index (κ3) is 3.74. The molecule has 0 fully saturated rings. The molecule has 0 aliphatic rings. The molecule has 114 valence electrons.